The lowest BCUT2D eigenvalue weighted by molar-refractivity contribution is -0.129. The van der Waals surface area contributed by atoms with Gasteiger partial charge in [-0.3, -0.25) is 14.4 Å². The summed E-state index contributed by atoms with van der Waals surface area (Å²) in [6, 6.07) is 4.60. The smallest absolute Gasteiger partial charge is 0.242 e. The summed E-state index contributed by atoms with van der Waals surface area (Å²) in [7, 11) is 0. The van der Waals surface area contributed by atoms with Crippen LogP contribution in [0.3, 0.4) is 0 Å². The van der Waals surface area contributed by atoms with Crippen molar-refractivity contribution in [3.8, 4) is 0 Å². The summed E-state index contributed by atoms with van der Waals surface area (Å²) in [6.07, 6.45) is 1.71. The summed E-state index contributed by atoms with van der Waals surface area (Å²) < 4.78 is 0. The number of amides is 3. The van der Waals surface area contributed by atoms with Crippen LogP contribution in [0.5, 0.6) is 0 Å². The van der Waals surface area contributed by atoms with E-state index in [1.807, 2.05) is 13.8 Å². The van der Waals surface area contributed by atoms with Gasteiger partial charge in [0.05, 0.1) is 0 Å². The second-order valence-corrected chi connectivity index (χ2v) is 5.23. The second-order valence-electron chi connectivity index (χ2n) is 5.23. The van der Waals surface area contributed by atoms with E-state index in [4.69, 9.17) is 0 Å². The van der Waals surface area contributed by atoms with Gasteiger partial charge in [0, 0.05) is 26.1 Å². The van der Waals surface area contributed by atoms with Gasteiger partial charge in [-0.25, -0.2) is 4.98 Å². The average molecular weight is 306 g/mol. The van der Waals surface area contributed by atoms with Crippen LogP contribution in [-0.2, 0) is 14.4 Å². The molecule has 0 fully saturated rings. The van der Waals surface area contributed by atoms with E-state index in [0.29, 0.717) is 5.82 Å². The molecule has 1 atom stereocenters. The zero-order valence-corrected chi connectivity index (χ0v) is 13.1. The molecule has 7 nitrogen and oxygen atoms in total. The van der Waals surface area contributed by atoms with Crippen molar-refractivity contribution in [1.29, 1.82) is 0 Å². The minimum Gasteiger partial charge on any atom is -0.354 e. The number of nitrogens with zero attached hydrogens (tertiary/aromatic N) is 1. The Balaban J connectivity index is 2.37. The molecular formula is C15H22N4O3. The van der Waals surface area contributed by atoms with Gasteiger partial charge in [-0.2, -0.15) is 0 Å². The Morgan fingerprint density at radius 2 is 1.95 bits per heavy atom. The number of carbonyl (C=O) groups is 3. The van der Waals surface area contributed by atoms with Gasteiger partial charge in [-0.1, -0.05) is 19.9 Å². The number of rotatable bonds is 7. The van der Waals surface area contributed by atoms with Gasteiger partial charge in [-0.05, 0) is 18.1 Å². The lowest BCUT2D eigenvalue weighted by atomic mass is 10.0. The Morgan fingerprint density at radius 3 is 2.50 bits per heavy atom. The maximum absolute atomic E-state index is 12.0. The third-order valence-corrected chi connectivity index (χ3v) is 2.89. The molecule has 3 amide bonds. The van der Waals surface area contributed by atoms with Crippen LogP contribution in [0.15, 0.2) is 24.4 Å². The standard InChI is InChI=1S/C15H22N4O3/c1-10(2)14(18-11(3)20)15(22)17-9-7-13(21)19-12-6-4-5-8-16-12/h4-6,8,10,14H,7,9H2,1-3H3,(H,17,22)(H,18,20)(H,16,19,21). The monoisotopic (exact) mass is 306 g/mol. The number of carbonyl (C=O) groups excluding carboxylic acids is 3. The average Bonchev–Trinajstić information content (AvgIpc) is 2.45. The van der Waals surface area contributed by atoms with Crippen molar-refractivity contribution < 1.29 is 14.4 Å². The fourth-order valence-electron chi connectivity index (χ4n) is 1.81. The van der Waals surface area contributed by atoms with Crippen LogP contribution in [0, 0.1) is 5.92 Å². The van der Waals surface area contributed by atoms with Crippen molar-refractivity contribution >= 4 is 23.5 Å². The molecule has 1 unspecified atom stereocenters. The van der Waals surface area contributed by atoms with E-state index in [1.165, 1.54) is 6.92 Å². The molecule has 0 aliphatic heterocycles. The summed E-state index contributed by atoms with van der Waals surface area (Å²) in [5.41, 5.74) is 0. The molecule has 7 heteroatoms. The van der Waals surface area contributed by atoms with Crippen LogP contribution in [0.4, 0.5) is 5.82 Å². The quantitative estimate of drug-likeness (QED) is 0.690. The minimum absolute atomic E-state index is 0.0359. The molecule has 3 N–H and O–H groups in total. The molecule has 120 valence electrons. The maximum Gasteiger partial charge on any atom is 0.242 e. The first-order chi connectivity index (χ1) is 10.4. The highest BCUT2D eigenvalue weighted by molar-refractivity contribution is 5.91. The third-order valence-electron chi connectivity index (χ3n) is 2.89. The van der Waals surface area contributed by atoms with E-state index in [9.17, 15) is 14.4 Å². The SMILES string of the molecule is CC(=O)NC(C(=O)NCCC(=O)Nc1ccccn1)C(C)C. The normalized spacial score (nSPS) is 11.6. The third kappa shape index (κ3) is 6.34. The van der Waals surface area contributed by atoms with Crippen molar-refractivity contribution in [2.45, 2.75) is 33.2 Å². The highest BCUT2D eigenvalue weighted by atomic mass is 16.2. The van der Waals surface area contributed by atoms with Crippen LogP contribution in [-0.4, -0.2) is 35.3 Å². The van der Waals surface area contributed by atoms with Gasteiger partial charge in [0.15, 0.2) is 0 Å². The predicted octanol–water partition coefficient (Wildman–Crippen LogP) is 0.687. The number of aromatic nitrogens is 1. The molecular weight excluding hydrogens is 284 g/mol. The molecule has 0 saturated carbocycles. The molecule has 0 radical (unpaired) electrons. The van der Waals surface area contributed by atoms with Crippen molar-refractivity contribution in [3.05, 3.63) is 24.4 Å². The van der Waals surface area contributed by atoms with Gasteiger partial charge in [0.2, 0.25) is 17.7 Å². The Labute approximate surface area is 129 Å². The first-order valence-corrected chi connectivity index (χ1v) is 7.16. The molecule has 0 aliphatic rings. The van der Waals surface area contributed by atoms with E-state index < -0.39 is 6.04 Å². The van der Waals surface area contributed by atoms with Gasteiger partial charge < -0.3 is 16.0 Å². The molecule has 1 aromatic rings. The topological polar surface area (TPSA) is 100 Å². The summed E-state index contributed by atoms with van der Waals surface area (Å²) in [5, 5.41) is 7.88. The number of hydrogen-bond donors (Lipinski definition) is 3. The Hall–Kier alpha value is -2.44. The molecule has 1 rings (SSSR count). The molecule has 0 aliphatic carbocycles. The first-order valence-electron chi connectivity index (χ1n) is 7.16. The van der Waals surface area contributed by atoms with Gasteiger partial charge >= 0.3 is 0 Å². The van der Waals surface area contributed by atoms with Gasteiger partial charge in [-0.15, -0.1) is 0 Å². The summed E-state index contributed by atoms with van der Waals surface area (Å²) in [4.78, 5) is 38.8. The largest absolute Gasteiger partial charge is 0.354 e. The van der Waals surface area contributed by atoms with Gasteiger partial charge in [0.1, 0.15) is 11.9 Å². The molecule has 1 heterocycles. The number of hydrogen-bond acceptors (Lipinski definition) is 4. The van der Waals surface area contributed by atoms with Crippen molar-refractivity contribution in [1.82, 2.24) is 15.6 Å². The minimum atomic E-state index is -0.601. The van der Waals surface area contributed by atoms with Crippen LogP contribution < -0.4 is 16.0 Å². The Kier molecular flexibility index (Phi) is 7.01. The lowest BCUT2D eigenvalue weighted by Gasteiger charge is -2.20. The first kappa shape index (κ1) is 17.6. The van der Waals surface area contributed by atoms with Gasteiger partial charge in [0.25, 0.3) is 0 Å². The molecule has 0 bridgehead atoms. The van der Waals surface area contributed by atoms with E-state index in [-0.39, 0.29) is 36.6 Å². The summed E-state index contributed by atoms with van der Waals surface area (Å²) >= 11 is 0. The van der Waals surface area contributed by atoms with Crippen LogP contribution in [0.25, 0.3) is 0 Å². The van der Waals surface area contributed by atoms with Crippen molar-refractivity contribution in [2.75, 3.05) is 11.9 Å². The number of pyridine rings is 1. The Morgan fingerprint density at radius 1 is 1.23 bits per heavy atom. The van der Waals surface area contributed by atoms with Crippen molar-refractivity contribution in [2.24, 2.45) is 5.92 Å². The predicted molar refractivity (Wildman–Crippen MR) is 82.9 cm³/mol. The maximum atomic E-state index is 12.0. The number of nitrogens with one attached hydrogen (secondary N) is 3. The highest BCUT2D eigenvalue weighted by Crippen LogP contribution is 2.02. The zero-order chi connectivity index (χ0) is 16.5. The Bertz CT molecular complexity index is 517. The molecule has 0 aromatic carbocycles. The molecule has 0 spiro atoms. The van der Waals surface area contributed by atoms with E-state index >= 15 is 0 Å². The number of anilines is 1. The second kappa shape index (κ2) is 8.76. The van der Waals surface area contributed by atoms with E-state index in [2.05, 4.69) is 20.9 Å². The van der Waals surface area contributed by atoms with Crippen molar-refractivity contribution in [3.63, 3.8) is 0 Å². The highest BCUT2D eigenvalue weighted by Gasteiger charge is 2.22. The fourth-order valence-corrected chi connectivity index (χ4v) is 1.81. The van der Waals surface area contributed by atoms with E-state index in [1.54, 1.807) is 24.4 Å². The van der Waals surface area contributed by atoms with Crippen LogP contribution >= 0.6 is 0 Å². The molecule has 22 heavy (non-hydrogen) atoms. The molecule has 1 aromatic heterocycles. The summed E-state index contributed by atoms with van der Waals surface area (Å²) in [5.74, 6) is -0.361. The fraction of sp³-hybridized carbons (Fsp3) is 0.467. The lowest BCUT2D eigenvalue weighted by Crippen LogP contribution is -2.49. The molecule has 0 saturated heterocycles. The van der Waals surface area contributed by atoms with Crippen LogP contribution in [0.2, 0.25) is 0 Å². The van der Waals surface area contributed by atoms with E-state index in [0.717, 1.165) is 0 Å². The zero-order valence-electron chi connectivity index (χ0n) is 13.1. The van der Waals surface area contributed by atoms with Crippen LogP contribution in [0.1, 0.15) is 27.2 Å². The summed E-state index contributed by atoms with van der Waals surface area (Å²) in [6.45, 7) is 5.24.